The number of hydrazone groups is 1. The van der Waals surface area contributed by atoms with Gasteiger partial charge >= 0.3 is 0 Å². The largest absolute Gasteiger partial charge is 0.494 e. The summed E-state index contributed by atoms with van der Waals surface area (Å²) >= 11 is 6.09. The molecule has 36 heavy (non-hydrogen) atoms. The number of hydrogen-bond acceptors (Lipinski definition) is 7. The molecule has 0 spiro atoms. The van der Waals surface area contributed by atoms with Crippen LogP contribution < -0.4 is 23.9 Å². The summed E-state index contributed by atoms with van der Waals surface area (Å²) in [7, 11) is -1.34. The number of halogens is 1. The molecule has 0 radical (unpaired) electrons. The minimum atomic E-state index is -4.19. The molecular weight excluding hydrogens is 506 g/mol. The Morgan fingerprint density at radius 1 is 1.03 bits per heavy atom. The Bertz CT molecular complexity index is 1330. The van der Waals surface area contributed by atoms with Gasteiger partial charge in [-0.15, -0.1) is 0 Å². The molecule has 0 aliphatic carbocycles. The molecule has 190 valence electrons. The van der Waals surface area contributed by atoms with Crippen molar-refractivity contribution in [3.63, 3.8) is 0 Å². The lowest BCUT2D eigenvalue weighted by Gasteiger charge is -2.24. The number of rotatable bonds is 11. The summed E-state index contributed by atoms with van der Waals surface area (Å²) in [6.45, 7) is 1.76. The van der Waals surface area contributed by atoms with E-state index in [-0.39, 0.29) is 16.3 Å². The topological polar surface area (TPSA) is 107 Å². The predicted molar refractivity (Wildman–Crippen MR) is 139 cm³/mol. The second kappa shape index (κ2) is 12.3. The van der Waals surface area contributed by atoms with E-state index >= 15 is 0 Å². The van der Waals surface area contributed by atoms with Gasteiger partial charge < -0.3 is 14.2 Å². The molecule has 0 unspecified atom stereocenters. The van der Waals surface area contributed by atoms with Crippen molar-refractivity contribution in [2.24, 2.45) is 5.10 Å². The number of benzene rings is 3. The van der Waals surface area contributed by atoms with Crippen LogP contribution in [0.25, 0.3) is 0 Å². The van der Waals surface area contributed by atoms with Crippen LogP contribution in [0.1, 0.15) is 12.5 Å². The maximum Gasteiger partial charge on any atom is 0.264 e. The molecule has 0 aliphatic rings. The maximum atomic E-state index is 13.6. The Labute approximate surface area is 215 Å². The number of amides is 1. The van der Waals surface area contributed by atoms with E-state index in [1.807, 2.05) is 6.92 Å². The highest BCUT2D eigenvalue weighted by molar-refractivity contribution is 7.92. The zero-order valence-corrected chi connectivity index (χ0v) is 21.5. The molecule has 0 aromatic heterocycles. The van der Waals surface area contributed by atoms with Crippen LogP contribution in [0.4, 0.5) is 5.69 Å². The molecule has 1 amide bonds. The van der Waals surface area contributed by atoms with Crippen LogP contribution in [-0.2, 0) is 14.8 Å². The van der Waals surface area contributed by atoms with Crippen LogP contribution in [0, 0.1) is 0 Å². The van der Waals surface area contributed by atoms with E-state index in [1.165, 1.54) is 38.6 Å². The third-order valence-corrected chi connectivity index (χ3v) is 7.08. The summed E-state index contributed by atoms with van der Waals surface area (Å²) in [6, 6.07) is 17.5. The minimum absolute atomic E-state index is 0.0820. The number of hydrogen-bond donors (Lipinski definition) is 1. The lowest BCUT2D eigenvalue weighted by Crippen LogP contribution is -2.39. The molecule has 0 saturated carbocycles. The number of carbonyl (C=O) groups excluding carboxylic acids is 1. The van der Waals surface area contributed by atoms with Crippen molar-refractivity contribution in [3.05, 3.63) is 77.3 Å². The normalized spacial score (nSPS) is 11.2. The Hall–Kier alpha value is -3.76. The average molecular weight is 532 g/mol. The van der Waals surface area contributed by atoms with Gasteiger partial charge in [0.1, 0.15) is 12.3 Å². The molecule has 3 aromatic carbocycles. The van der Waals surface area contributed by atoms with Crippen LogP contribution in [-0.4, -0.2) is 47.9 Å². The van der Waals surface area contributed by atoms with E-state index in [0.717, 1.165) is 4.31 Å². The molecule has 1 N–H and O–H groups in total. The van der Waals surface area contributed by atoms with Gasteiger partial charge in [-0.3, -0.25) is 9.10 Å². The third-order valence-electron chi connectivity index (χ3n) is 4.96. The smallest absolute Gasteiger partial charge is 0.264 e. The van der Waals surface area contributed by atoms with E-state index in [2.05, 4.69) is 10.5 Å². The van der Waals surface area contributed by atoms with Crippen LogP contribution in [0.3, 0.4) is 0 Å². The summed E-state index contributed by atoms with van der Waals surface area (Å²) < 4.78 is 44.2. The first-order valence-electron chi connectivity index (χ1n) is 10.8. The van der Waals surface area contributed by atoms with E-state index in [4.69, 9.17) is 25.8 Å². The van der Waals surface area contributed by atoms with E-state index in [0.29, 0.717) is 28.7 Å². The fraction of sp³-hybridized carbons (Fsp3) is 0.200. The molecule has 0 heterocycles. The number of anilines is 1. The first-order valence-corrected chi connectivity index (χ1v) is 12.7. The number of nitrogens with one attached hydrogen (secondary N) is 1. The van der Waals surface area contributed by atoms with Crippen LogP contribution in [0.2, 0.25) is 5.02 Å². The Morgan fingerprint density at radius 2 is 1.72 bits per heavy atom. The lowest BCUT2D eigenvalue weighted by molar-refractivity contribution is -0.119. The summed E-state index contributed by atoms with van der Waals surface area (Å²) in [5.74, 6) is 0.518. The monoisotopic (exact) mass is 531 g/mol. The van der Waals surface area contributed by atoms with Crippen LogP contribution in [0.5, 0.6) is 17.2 Å². The fourth-order valence-electron chi connectivity index (χ4n) is 3.21. The van der Waals surface area contributed by atoms with Crippen LogP contribution >= 0.6 is 11.6 Å². The van der Waals surface area contributed by atoms with E-state index in [9.17, 15) is 13.2 Å². The first kappa shape index (κ1) is 26.8. The third kappa shape index (κ3) is 6.46. The van der Waals surface area contributed by atoms with Gasteiger partial charge in [-0.25, -0.2) is 13.8 Å². The molecule has 0 saturated heterocycles. The first-order chi connectivity index (χ1) is 17.3. The highest BCUT2D eigenvalue weighted by atomic mass is 35.5. The SMILES string of the molecule is CCOc1ccc(N(CC(=O)N/N=C\c2ccccc2Cl)S(=O)(=O)c2ccc(OC)c(OC)c2)cc1. The van der Waals surface area contributed by atoms with Gasteiger partial charge in [0.05, 0.1) is 37.6 Å². The molecule has 11 heteroatoms. The van der Waals surface area contributed by atoms with Gasteiger partial charge in [0.2, 0.25) is 0 Å². The lowest BCUT2D eigenvalue weighted by atomic mass is 10.2. The minimum Gasteiger partial charge on any atom is -0.494 e. The van der Waals surface area contributed by atoms with Crippen molar-refractivity contribution >= 4 is 39.4 Å². The van der Waals surface area contributed by atoms with E-state index < -0.39 is 22.5 Å². The summed E-state index contributed by atoms with van der Waals surface area (Å²) in [5.41, 5.74) is 3.21. The molecule has 0 atom stereocenters. The molecule has 9 nitrogen and oxygen atoms in total. The number of ether oxygens (including phenoxy) is 3. The summed E-state index contributed by atoms with van der Waals surface area (Å²) in [4.78, 5) is 12.7. The summed E-state index contributed by atoms with van der Waals surface area (Å²) in [5, 5.41) is 4.37. The quantitative estimate of drug-likeness (QED) is 0.295. The van der Waals surface area contributed by atoms with Crippen molar-refractivity contribution in [1.82, 2.24) is 5.43 Å². The average Bonchev–Trinajstić information content (AvgIpc) is 2.88. The molecule has 3 aromatic rings. The van der Waals surface area contributed by atoms with Gasteiger partial charge in [-0.1, -0.05) is 29.8 Å². The van der Waals surface area contributed by atoms with Crippen molar-refractivity contribution in [3.8, 4) is 17.2 Å². The van der Waals surface area contributed by atoms with Crippen molar-refractivity contribution in [2.45, 2.75) is 11.8 Å². The Balaban J connectivity index is 1.92. The molecule has 0 bridgehead atoms. The van der Waals surface area contributed by atoms with Gasteiger partial charge in [0.15, 0.2) is 11.5 Å². The fourth-order valence-corrected chi connectivity index (χ4v) is 4.84. The molecular formula is C25H26ClN3O6S. The zero-order valence-electron chi connectivity index (χ0n) is 20.0. The Kier molecular flexibility index (Phi) is 9.15. The number of sulfonamides is 1. The van der Waals surface area contributed by atoms with Crippen molar-refractivity contribution in [1.29, 1.82) is 0 Å². The number of carbonyl (C=O) groups is 1. The second-order valence-electron chi connectivity index (χ2n) is 7.27. The van der Waals surface area contributed by atoms with Gasteiger partial charge in [0.25, 0.3) is 15.9 Å². The Morgan fingerprint density at radius 3 is 2.36 bits per heavy atom. The van der Waals surface area contributed by atoms with E-state index in [1.54, 1.807) is 48.5 Å². The van der Waals surface area contributed by atoms with Gasteiger partial charge in [0, 0.05) is 16.7 Å². The molecule has 0 aliphatic heterocycles. The molecule has 0 fully saturated rings. The maximum absolute atomic E-state index is 13.6. The van der Waals surface area contributed by atoms with Crippen molar-refractivity contribution < 1.29 is 27.4 Å². The second-order valence-corrected chi connectivity index (χ2v) is 9.54. The van der Waals surface area contributed by atoms with Crippen molar-refractivity contribution in [2.75, 3.05) is 31.7 Å². The number of methoxy groups -OCH3 is 2. The molecule has 3 rings (SSSR count). The predicted octanol–water partition coefficient (Wildman–Crippen LogP) is 4.10. The van der Waals surface area contributed by atoms with Crippen LogP contribution in [0.15, 0.2) is 76.7 Å². The highest BCUT2D eigenvalue weighted by Gasteiger charge is 2.28. The zero-order chi connectivity index (χ0) is 26.1. The highest BCUT2D eigenvalue weighted by Crippen LogP contribution is 2.32. The number of nitrogens with zero attached hydrogens (tertiary/aromatic N) is 2. The van der Waals surface area contributed by atoms with Gasteiger partial charge in [-0.2, -0.15) is 5.10 Å². The van der Waals surface area contributed by atoms with Gasteiger partial charge in [-0.05, 0) is 49.4 Å². The standard InChI is InChI=1S/C25H26ClN3O6S/c1-4-35-20-11-9-19(10-12-20)29(17-25(30)28-27-16-18-7-5-6-8-22(18)26)36(31,32)21-13-14-23(33-2)24(15-21)34-3/h5-16H,4,17H2,1-3H3,(H,28,30)/b27-16-. The summed E-state index contributed by atoms with van der Waals surface area (Å²) in [6.07, 6.45) is 1.38.